The van der Waals surface area contributed by atoms with Crippen molar-refractivity contribution in [3.05, 3.63) is 35.4 Å². The molecule has 1 aromatic heterocycles. The van der Waals surface area contributed by atoms with Gasteiger partial charge in [-0.25, -0.2) is 4.98 Å². The molecule has 2 aromatic rings. The summed E-state index contributed by atoms with van der Waals surface area (Å²) in [6.45, 7) is 0. The SMILES string of the molecule is O=C(O)[C@H]1CC=C(Cl)C[C@H]1C(=O)Nc1nc2ccccc2s1. The Kier molecular flexibility index (Phi) is 4.13. The molecule has 0 bridgehead atoms. The number of benzene rings is 1. The van der Waals surface area contributed by atoms with E-state index in [0.717, 1.165) is 10.2 Å². The fourth-order valence-electron chi connectivity index (χ4n) is 2.53. The number of aromatic nitrogens is 1. The predicted molar refractivity (Wildman–Crippen MR) is 86.0 cm³/mol. The molecule has 0 saturated heterocycles. The van der Waals surface area contributed by atoms with Crippen molar-refractivity contribution < 1.29 is 14.7 Å². The van der Waals surface area contributed by atoms with Gasteiger partial charge in [0, 0.05) is 5.03 Å². The summed E-state index contributed by atoms with van der Waals surface area (Å²) in [5.74, 6) is -2.76. The van der Waals surface area contributed by atoms with Crippen molar-refractivity contribution in [2.45, 2.75) is 12.8 Å². The van der Waals surface area contributed by atoms with Gasteiger partial charge in [0.05, 0.1) is 22.1 Å². The minimum Gasteiger partial charge on any atom is -0.481 e. The monoisotopic (exact) mass is 336 g/mol. The number of nitrogens with zero attached hydrogens (tertiary/aromatic N) is 1. The molecule has 0 unspecified atom stereocenters. The van der Waals surface area contributed by atoms with Gasteiger partial charge in [-0.1, -0.05) is 41.1 Å². The highest BCUT2D eigenvalue weighted by molar-refractivity contribution is 7.22. The number of carboxylic acid groups (broad SMARTS) is 1. The quantitative estimate of drug-likeness (QED) is 0.899. The first kappa shape index (κ1) is 15.0. The van der Waals surface area contributed by atoms with Gasteiger partial charge in [-0.3, -0.25) is 9.59 Å². The van der Waals surface area contributed by atoms with Crippen LogP contribution in [0.4, 0.5) is 5.13 Å². The Hall–Kier alpha value is -1.92. The maximum atomic E-state index is 12.4. The minimum atomic E-state index is -0.982. The highest BCUT2D eigenvalue weighted by Gasteiger charge is 2.36. The molecule has 2 N–H and O–H groups in total. The van der Waals surface area contributed by atoms with Crippen LogP contribution in [0.5, 0.6) is 0 Å². The number of para-hydroxylation sites is 1. The molecule has 0 radical (unpaired) electrons. The number of thiazole rings is 1. The third-order valence-electron chi connectivity index (χ3n) is 3.67. The first-order valence-corrected chi connectivity index (χ1v) is 7.98. The minimum absolute atomic E-state index is 0.245. The number of nitrogens with one attached hydrogen (secondary N) is 1. The molecule has 0 fully saturated rings. The Labute approximate surface area is 135 Å². The number of allylic oxidation sites excluding steroid dienone is 2. The van der Waals surface area contributed by atoms with E-state index < -0.39 is 17.8 Å². The zero-order valence-electron chi connectivity index (χ0n) is 11.5. The van der Waals surface area contributed by atoms with Crippen LogP contribution >= 0.6 is 22.9 Å². The van der Waals surface area contributed by atoms with E-state index in [4.69, 9.17) is 11.6 Å². The number of halogens is 1. The van der Waals surface area contributed by atoms with Gasteiger partial charge in [-0.2, -0.15) is 0 Å². The van der Waals surface area contributed by atoms with E-state index in [-0.39, 0.29) is 18.7 Å². The molecular formula is C15H13ClN2O3S. The van der Waals surface area contributed by atoms with Crippen LogP contribution in [0.15, 0.2) is 35.4 Å². The smallest absolute Gasteiger partial charge is 0.307 e. The molecule has 5 nitrogen and oxygen atoms in total. The van der Waals surface area contributed by atoms with E-state index in [1.54, 1.807) is 6.08 Å². The van der Waals surface area contributed by atoms with Crippen LogP contribution in [0.1, 0.15) is 12.8 Å². The highest BCUT2D eigenvalue weighted by Crippen LogP contribution is 2.33. The Bertz CT molecular complexity index is 738. The van der Waals surface area contributed by atoms with Gasteiger partial charge >= 0.3 is 5.97 Å². The second-order valence-corrected chi connectivity index (χ2v) is 6.63. The van der Waals surface area contributed by atoms with Crippen LogP contribution in [0, 0.1) is 11.8 Å². The number of carbonyl (C=O) groups excluding carboxylic acids is 1. The lowest BCUT2D eigenvalue weighted by Crippen LogP contribution is -2.35. The van der Waals surface area contributed by atoms with Crippen LogP contribution in [0.2, 0.25) is 0 Å². The van der Waals surface area contributed by atoms with Crippen LogP contribution < -0.4 is 5.32 Å². The number of rotatable bonds is 3. The van der Waals surface area contributed by atoms with Gasteiger partial charge < -0.3 is 10.4 Å². The molecule has 22 heavy (non-hydrogen) atoms. The Morgan fingerprint density at radius 1 is 1.32 bits per heavy atom. The molecule has 0 aliphatic heterocycles. The lowest BCUT2D eigenvalue weighted by Gasteiger charge is -2.25. The number of hydrogen-bond acceptors (Lipinski definition) is 4. The summed E-state index contributed by atoms with van der Waals surface area (Å²) in [5.41, 5.74) is 0.805. The number of carbonyl (C=O) groups is 2. The largest absolute Gasteiger partial charge is 0.481 e. The topological polar surface area (TPSA) is 79.3 Å². The first-order valence-electron chi connectivity index (χ1n) is 6.78. The maximum Gasteiger partial charge on any atom is 0.307 e. The average Bonchev–Trinajstić information content (AvgIpc) is 2.88. The van der Waals surface area contributed by atoms with Crippen LogP contribution in [0.25, 0.3) is 10.2 Å². The van der Waals surface area contributed by atoms with Crippen LogP contribution in [-0.2, 0) is 9.59 Å². The number of aliphatic carboxylic acids is 1. The zero-order valence-corrected chi connectivity index (χ0v) is 13.0. The molecule has 1 aliphatic carbocycles. The Morgan fingerprint density at radius 3 is 2.82 bits per heavy atom. The Morgan fingerprint density at radius 2 is 2.09 bits per heavy atom. The normalized spacial score (nSPS) is 21.4. The molecule has 0 saturated carbocycles. The van der Waals surface area contributed by atoms with Crippen molar-refractivity contribution in [3.63, 3.8) is 0 Å². The third-order valence-corrected chi connectivity index (χ3v) is 4.93. The van der Waals surface area contributed by atoms with Crippen molar-refractivity contribution in [2.24, 2.45) is 11.8 Å². The van der Waals surface area contributed by atoms with Gasteiger partial charge in [0.2, 0.25) is 5.91 Å². The van der Waals surface area contributed by atoms with Crippen molar-refractivity contribution in [1.82, 2.24) is 4.98 Å². The van der Waals surface area contributed by atoms with E-state index in [0.29, 0.717) is 10.2 Å². The molecule has 1 aliphatic rings. The number of fused-ring (bicyclic) bond motifs is 1. The summed E-state index contributed by atoms with van der Waals surface area (Å²) in [6.07, 6.45) is 2.18. The lowest BCUT2D eigenvalue weighted by atomic mass is 9.82. The standard InChI is InChI=1S/C15H13ClN2O3S/c16-8-5-6-9(14(20)21)10(7-8)13(19)18-15-17-11-3-1-2-4-12(11)22-15/h1-5,9-10H,6-7H2,(H,20,21)(H,17,18,19)/t9-,10+/m0/s1. The number of hydrogen-bond donors (Lipinski definition) is 2. The van der Waals surface area contributed by atoms with Crippen molar-refractivity contribution >= 4 is 50.2 Å². The molecule has 2 atom stereocenters. The van der Waals surface area contributed by atoms with E-state index in [2.05, 4.69) is 10.3 Å². The molecule has 1 amide bonds. The van der Waals surface area contributed by atoms with E-state index in [1.807, 2.05) is 24.3 Å². The third kappa shape index (κ3) is 2.98. The van der Waals surface area contributed by atoms with Crippen LogP contribution in [0.3, 0.4) is 0 Å². The van der Waals surface area contributed by atoms with Gasteiger partial charge in [-0.05, 0) is 25.0 Å². The van der Waals surface area contributed by atoms with Gasteiger partial charge in [0.25, 0.3) is 0 Å². The summed E-state index contributed by atoms with van der Waals surface area (Å²) in [4.78, 5) is 28.0. The Balaban J connectivity index is 1.80. The number of anilines is 1. The van der Waals surface area contributed by atoms with Gasteiger partial charge in [-0.15, -0.1) is 0 Å². The van der Waals surface area contributed by atoms with E-state index >= 15 is 0 Å². The lowest BCUT2D eigenvalue weighted by molar-refractivity contribution is -0.146. The van der Waals surface area contributed by atoms with Crippen molar-refractivity contribution in [1.29, 1.82) is 0 Å². The molecule has 114 valence electrons. The number of amides is 1. The van der Waals surface area contributed by atoms with Gasteiger partial charge in [0.1, 0.15) is 0 Å². The average molecular weight is 337 g/mol. The first-order chi connectivity index (χ1) is 10.5. The van der Waals surface area contributed by atoms with Crippen molar-refractivity contribution in [2.75, 3.05) is 5.32 Å². The molecular weight excluding hydrogens is 324 g/mol. The number of carboxylic acids is 1. The fraction of sp³-hybridized carbons (Fsp3) is 0.267. The molecule has 0 spiro atoms. The summed E-state index contributed by atoms with van der Waals surface area (Å²) in [7, 11) is 0. The molecule has 7 heteroatoms. The summed E-state index contributed by atoms with van der Waals surface area (Å²) in [6, 6.07) is 7.56. The molecule has 3 rings (SSSR count). The molecule has 1 heterocycles. The second kappa shape index (κ2) is 6.06. The van der Waals surface area contributed by atoms with Crippen molar-refractivity contribution in [3.8, 4) is 0 Å². The van der Waals surface area contributed by atoms with Gasteiger partial charge in [0.15, 0.2) is 5.13 Å². The predicted octanol–water partition coefficient (Wildman–Crippen LogP) is 3.47. The van der Waals surface area contributed by atoms with E-state index in [9.17, 15) is 14.7 Å². The summed E-state index contributed by atoms with van der Waals surface area (Å²) < 4.78 is 0.967. The highest BCUT2D eigenvalue weighted by atomic mass is 35.5. The zero-order chi connectivity index (χ0) is 15.7. The van der Waals surface area contributed by atoms with Crippen LogP contribution in [-0.4, -0.2) is 22.0 Å². The molecule has 1 aromatic carbocycles. The summed E-state index contributed by atoms with van der Waals surface area (Å²) >= 11 is 7.33. The maximum absolute atomic E-state index is 12.4. The summed E-state index contributed by atoms with van der Waals surface area (Å²) in [5, 5.41) is 13.0. The second-order valence-electron chi connectivity index (χ2n) is 5.12. The fourth-order valence-corrected chi connectivity index (χ4v) is 3.65. The van der Waals surface area contributed by atoms with E-state index in [1.165, 1.54) is 11.3 Å².